The van der Waals surface area contributed by atoms with Gasteiger partial charge in [0, 0.05) is 6.54 Å². The van der Waals surface area contributed by atoms with Gasteiger partial charge >= 0.3 is 0 Å². The van der Waals surface area contributed by atoms with E-state index in [1.54, 1.807) is 18.3 Å². The number of hydrogen-bond donors (Lipinski definition) is 2. The molecule has 0 bridgehead atoms. The van der Waals surface area contributed by atoms with Crippen LogP contribution in [0.4, 0.5) is 11.5 Å². The van der Waals surface area contributed by atoms with Gasteiger partial charge in [-0.3, -0.25) is 4.72 Å². The molecule has 2 rings (SSSR count). The third-order valence-electron chi connectivity index (χ3n) is 3.55. The van der Waals surface area contributed by atoms with Crippen LogP contribution >= 0.6 is 11.6 Å². The molecule has 0 saturated carbocycles. The Morgan fingerprint density at radius 3 is 2.58 bits per heavy atom. The Kier molecular flexibility index (Phi) is 7.07. The number of halogens is 1. The van der Waals surface area contributed by atoms with Crippen LogP contribution in [0.1, 0.15) is 6.42 Å². The zero-order valence-electron chi connectivity index (χ0n) is 15.0. The van der Waals surface area contributed by atoms with Crippen LogP contribution in [-0.2, 0) is 10.0 Å². The molecule has 1 aromatic carbocycles. The van der Waals surface area contributed by atoms with E-state index in [9.17, 15) is 8.42 Å². The summed E-state index contributed by atoms with van der Waals surface area (Å²) in [7, 11) is 1.74. The topological polar surface area (TPSA) is 83.6 Å². The molecule has 0 unspecified atom stereocenters. The van der Waals surface area contributed by atoms with E-state index in [1.807, 2.05) is 14.1 Å². The summed E-state index contributed by atoms with van der Waals surface area (Å²) in [5.74, 6) is 0.643. The van der Waals surface area contributed by atoms with Gasteiger partial charge in [-0.25, -0.2) is 13.4 Å². The first-order valence-corrected chi connectivity index (χ1v) is 9.89. The van der Waals surface area contributed by atoms with Gasteiger partial charge in [-0.05, 0) is 57.4 Å². The molecule has 0 aliphatic rings. The van der Waals surface area contributed by atoms with Gasteiger partial charge in [-0.1, -0.05) is 11.6 Å². The van der Waals surface area contributed by atoms with Crippen LogP contribution in [-0.4, -0.2) is 52.6 Å². The first-order chi connectivity index (χ1) is 12.3. The number of nitrogens with one attached hydrogen (secondary N) is 2. The molecule has 1 heterocycles. The van der Waals surface area contributed by atoms with Crippen molar-refractivity contribution in [3.05, 3.63) is 41.6 Å². The summed E-state index contributed by atoms with van der Waals surface area (Å²) in [6.45, 7) is 1.80. The Balaban J connectivity index is 2.00. The van der Waals surface area contributed by atoms with Gasteiger partial charge in [0.15, 0.2) is 0 Å². The van der Waals surface area contributed by atoms with E-state index in [1.165, 1.54) is 25.3 Å². The van der Waals surface area contributed by atoms with Gasteiger partial charge < -0.3 is 15.0 Å². The maximum atomic E-state index is 12.4. The van der Waals surface area contributed by atoms with Gasteiger partial charge in [0.2, 0.25) is 0 Å². The zero-order chi connectivity index (χ0) is 19.2. The van der Waals surface area contributed by atoms with Crippen molar-refractivity contribution in [2.45, 2.75) is 11.3 Å². The minimum atomic E-state index is -3.78. The van der Waals surface area contributed by atoms with E-state index in [-0.39, 0.29) is 15.7 Å². The fraction of sp³-hybridized carbons (Fsp3) is 0.353. The van der Waals surface area contributed by atoms with E-state index in [0.29, 0.717) is 5.75 Å². The number of aromatic nitrogens is 1. The Morgan fingerprint density at radius 2 is 2.00 bits per heavy atom. The number of anilines is 2. The lowest BCUT2D eigenvalue weighted by molar-refractivity contribution is 0.405. The monoisotopic (exact) mass is 398 g/mol. The van der Waals surface area contributed by atoms with Gasteiger partial charge in [-0.2, -0.15) is 0 Å². The molecule has 0 spiro atoms. The van der Waals surface area contributed by atoms with Gasteiger partial charge in [0.1, 0.15) is 11.6 Å². The van der Waals surface area contributed by atoms with Gasteiger partial charge in [0.05, 0.1) is 28.9 Å². The predicted octanol–water partition coefficient (Wildman–Crippen LogP) is 2.91. The molecule has 7 nitrogen and oxygen atoms in total. The molecular weight excluding hydrogens is 376 g/mol. The Morgan fingerprint density at radius 1 is 1.23 bits per heavy atom. The summed E-state index contributed by atoms with van der Waals surface area (Å²) in [6.07, 6.45) is 2.59. The van der Waals surface area contributed by atoms with E-state index >= 15 is 0 Å². The quantitative estimate of drug-likeness (QED) is 0.632. The van der Waals surface area contributed by atoms with Crippen molar-refractivity contribution in [3.63, 3.8) is 0 Å². The molecule has 0 fully saturated rings. The highest BCUT2D eigenvalue weighted by Gasteiger charge is 2.16. The molecule has 2 N–H and O–H groups in total. The summed E-state index contributed by atoms with van der Waals surface area (Å²) in [5.41, 5.74) is 0.833. The SMILES string of the molecule is COc1ccc(S(=O)(=O)Nc2ccc(NCCCN(C)C)cn2)cc1Cl. The maximum Gasteiger partial charge on any atom is 0.263 e. The number of nitrogens with zero attached hydrogens (tertiary/aromatic N) is 2. The summed E-state index contributed by atoms with van der Waals surface area (Å²) in [6, 6.07) is 7.65. The van der Waals surface area contributed by atoms with Crippen LogP contribution < -0.4 is 14.8 Å². The van der Waals surface area contributed by atoms with E-state index < -0.39 is 10.0 Å². The molecule has 0 amide bonds. The van der Waals surface area contributed by atoms with Gasteiger partial charge in [0.25, 0.3) is 10.0 Å². The molecule has 0 saturated heterocycles. The van der Waals surface area contributed by atoms with Crippen molar-refractivity contribution in [3.8, 4) is 5.75 Å². The molecular formula is C17H23ClN4O3S. The smallest absolute Gasteiger partial charge is 0.263 e. The standard InChI is InChI=1S/C17H23ClN4O3S/c1-22(2)10-4-9-19-13-5-8-17(20-12-13)21-26(23,24)14-6-7-16(25-3)15(18)11-14/h5-8,11-12,19H,4,9-10H2,1-3H3,(H,20,21). The van der Waals surface area contributed by atoms with E-state index in [4.69, 9.17) is 16.3 Å². The summed E-state index contributed by atoms with van der Waals surface area (Å²) < 4.78 is 32.3. The van der Waals surface area contributed by atoms with Crippen molar-refractivity contribution in [2.75, 3.05) is 44.3 Å². The van der Waals surface area contributed by atoms with E-state index in [0.717, 1.165) is 25.2 Å². The molecule has 0 aliphatic heterocycles. The molecule has 0 atom stereocenters. The molecule has 9 heteroatoms. The van der Waals surface area contributed by atoms with Crippen LogP contribution in [0.5, 0.6) is 5.75 Å². The number of sulfonamides is 1. The van der Waals surface area contributed by atoms with Crippen molar-refractivity contribution in [2.24, 2.45) is 0 Å². The number of benzene rings is 1. The lowest BCUT2D eigenvalue weighted by Gasteiger charge is -2.11. The van der Waals surface area contributed by atoms with Crippen molar-refractivity contribution in [1.29, 1.82) is 0 Å². The van der Waals surface area contributed by atoms with Crippen molar-refractivity contribution in [1.82, 2.24) is 9.88 Å². The fourth-order valence-electron chi connectivity index (χ4n) is 2.20. The minimum absolute atomic E-state index is 0.0380. The minimum Gasteiger partial charge on any atom is -0.495 e. The second kappa shape index (κ2) is 9.07. The second-order valence-corrected chi connectivity index (χ2v) is 8.01. The highest BCUT2D eigenvalue weighted by atomic mass is 35.5. The van der Waals surface area contributed by atoms with Crippen molar-refractivity contribution >= 4 is 33.1 Å². The predicted molar refractivity (Wildman–Crippen MR) is 105 cm³/mol. The van der Waals surface area contributed by atoms with Crippen LogP contribution in [0.3, 0.4) is 0 Å². The average molecular weight is 399 g/mol. The third kappa shape index (κ3) is 5.76. The first kappa shape index (κ1) is 20.3. The number of hydrogen-bond acceptors (Lipinski definition) is 6. The first-order valence-electron chi connectivity index (χ1n) is 8.03. The second-order valence-electron chi connectivity index (χ2n) is 5.92. The van der Waals surface area contributed by atoms with Crippen molar-refractivity contribution < 1.29 is 13.2 Å². The summed E-state index contributed by atoms with van der Waals surface area (Å²) >= 11 is 6.00. The highest BCUT2D eigenvalue weighted by molar-refractivity contribution is 7.92. The Bertz CT molecular complexity index is 826. The fourth-order valence-corrected chi connectivity index (χ4v) is 3.55. The third-order valence-corrected chi connectivity index (χ3v) is 5.19. The van der Waals surface area contributed by atoms with E-state index in [2.05, 4.69) is 19.9 Å². The maximum absolute atomic E-state index is 12.4. The molecule has 0 radical (unpaired) electrons. The van der Waals surface area contributed by atoms with Gasteiger partial charge in [-0.15, -0.1) is 0 Å². The van der Waals surface area contributed by atoms with Crippen LogP contribution in [0.15, 0.2) is 41.4 Å². The largest absolute Gasteiger partial charge is 0.495 e. The normalized spacial score (nSPS) is 11.4. The zero-order valence-corrected chi connectivity index (χ0v) is 16.6. The number of ether oxygens (including phenoxy) is 1. The average Bonchev–Trinajstić information content (AvgIpc) is 2.59. The number of pyridine rings is 1. The molecule has 1 aromatic heterocycles. The summed E-state index contributed by atoms with van der Waals surface area (Å²) in [5, 5.41) is 3.47. The highest BCUT2D eigenvalue weighted by Crippen LogP contribution is 2.27. The molecule has 142 valence electrons. The number of rotatable bonds is 9. The lowest BCUT2D eigenvalue weighted by atomic mass is 10.3. The Hall–Kier alpha value is -2.03. The molecule has 2 aromatic rings. The summed E-state index contributed by atoms with van der Waals surface area (Å²) in [4.78, 5) is 6.29. The number of methoxy groups -OCH3 is 1. The lowest BCUT2D eigenvalue weighted by Crippen LogP contribution is -2.16. The van der Waals surface area contributed by atoms with Crippen LogP contribution in [0, 0.1) is 0 Å². The molecule has 26 heavy (non-hydrogen) atoms. The Labute approximate surface area is 159 Å². The van der Waals surface area contributed by atoms with Crippen LogP contribution in [0.25, 0.3) is 0 Å². The van der Waals surface area contributed by atoms with Crippen LogP contribution in [0.2, 0.25) is 5.02 Å². The molecule has 0 aliphatic carbocycles.